The van der Waals surface area contributed by atoms with Gasteiger partial charge in [0.25, 0.3) is 0 Å². The highest BCUT2D eigenvalue weighted by Crippen LogP contribution is 2.21. The van der Waals surface area contributed by atoms with E-state index in [1.807, 2.05) is 25.7 Å². The molecule has 0 bridgehead atoms. The van der Waals surface area contributed by atoms with Crippen molar-refractivity contribution in [3.05, 3.63) is 34.9 Å². The van der Waals surface area contributed by atoms with Crippen molar-refractivity contribution in [2.45, 2.75) is 59.6 Å². The number of nitrogens with zero attached hydrogens (tertiary/aromatic N) is 1. The number of likely N-dealkylation sites (tertiary alicyclic amines) is 1. The monoisotopic (exact) mass is 332 g/mol. The summed E-state index contributed by atoms with van der Waals surface area (Å²) in [5.74, 6) is 0.573. The molecule has 1 heterocycles. The Morgan fingerprint density at radius 3 is 2.75 bits per heavy atom. The van der Waals surface area contributed by atoms with Crippen molar-refractivity contribution < 1.29 is 9.53 Å². The number of hydrogen-bond acceptors (Lipinski definition) is 3. The number of aryl methyl sites for hydroxylation is 2. The van der Waals surface area contributed by atoms with Gasteiger partial charge in [-0.15, -0.1) is 0 Å². The first-order chi connectivity index (χ1) is 11.2. The first-order valence-electron chi connectivity index (χ1n) is 8.99. The van der Waals surface area contributed by atoms with E-state index in [1.165, 1.54) is 16.7 Å². The molecule has 0 aliphatic carbocycles. The Labute approximate surface area is 146 Å². The molecular formula is C20H32N2O2. The molecule has 2 rings (SSSR count). The van der Waals surface area contributed by atoms with E-state index in [-0.39, 0.29) is 6.09 Å². The number of benzene rings is 1. The summed E-state index contributed by atoms with van der Waals surface area (Å²) in [5.41, 5.74) is 3.61. The molecule has 1 atom stereocenters. The van der Waals surface area contributed by atoms with Gasteiger partial charge in [-0.3, -0.25) is 0 Å². The van der Waals surface area contributed by atoms with Gasteiger partial charge in [0.1, 0.15) is 5.60 Å². The van der Waals surface area contributed by atoms with E-state index in [0.29, 0.717) is 5.92 Å². The topological polar surface area (TPSA) is 41.6 Å². The number of ether oxygens (including phenoxy) is 1. The standard InChI is InChI=1S/C20H32N2O2/c1-15-6-7-18(16(2)12-15)13-21-10-8-17-9-11-22(14-17)19(23)24-20(3,4)5/h6-7,12,17,21H,8-11,13-14H2,1-5H3. The van der Waals surface area contributed by atoms with Gasteiger partial charge in [-0.05, 0) is 71.0 Å². The van der Waals surface area contributed by atoms with Gasteiger partial charge in [0, 0.05) is 19.6 Å². The molecule has 1 aliphatic rings. The lowest BCUT2D eigenvalue weighted by Gasteiger charge is -2.24. The van der Waals surface area contributed by atoms with Crippen molar-refractivity contribution in [3.63, 3.8) is 0 Å². The van der Waals surface area contributed by atoms with Crippen LogP contribution in [0.2, 0.25) is 0 Å². The summed E-state index contributed by atoms with van der Waals surface area (Å²) in [6, 6.07) is 6.60. The zero-order chi connectivity index (χ0) is 17.7. The quantitative estimate of drug-likeness (QED) is 0.827. The SMILES string of the molecule is Cc1ccc(CNCCC2CCN(C(=O)OC(C)(C)C)C2)c(C)c1. The van der Waals surface area contributed by atoms with Crippen molar-refractivity contribution in [2.24, 2.45) is 5.92 Å². The molecule has 1 aromatic carbocycles. The predicted molar refractivity (Wildman–Crippen MR) is 98.2 cm³/mol. The molecule has 1 saturated heterocycles. The average molecular weight is 332 g/mol. The first kappa shape index (κ1) is 18.8. The summed E-state index contributed by atoms with van der Waals surface area (Å²) < 4.78 is 5.45. The van der Waals surface area contributed by atoms with E-state index in [4.69, 9.17) is 4.74 Å². The van der Waals surface area contributed by atoms with E-state index < -0.39 is 5.60 Å². The van der Waals surface area contributed by atoms with Crippen LogP contribution in [0.4, 0.5) is 4.79 Å². The second kappa shape index (κ2) is 8.02. The number of amides is 1. The van der Waals surface area contributed by atoms with Crippen LogP contribution >= 0.6 is 0 Å². The van der Waals surface area contributed by atoms with Gasteiger partial charge in [0.2, 0.25) is 0 Å². The van der Waals surface area contributed by atoms with Crippen LogP contribution in [0, 0.1) is 19.8 Å². The Bertz CT molecular complexity index is 563. The molecule has 1 N–H and O–H groups in total. The molecule has 0 aromatic heterocycles. The summed E-state index contributed by atoms with van der Waals surface area (Å²) in [7, 11) is 0. The van der Waals surface area contributed by atoms with Gasteiger partial charge in [-0.1, -0.05) is 23.8 Å². The van der Waals surface area contributed by atoms with E-state index in [0.717, 1.165) is 39.0 Å². The smallest absolute Gasteiger partial charge is 0.410 e. The third-order valence-corrected chi connectivity index (χ3v) is 4.48. The normalized spacial score (nSPS) is 18.0. The lowest BCUT2D eigenvalue weighted by Crippen LogP contribution is -2.35. The van der Waals surface area contributed by atoms with Crippen molar-refractivity contribution >= 4 is 6.09 Å². The molecule has 1 amide bonds. The van der Waals surface area contributed by atoms with Gasteiger partial charge in [-0.2, -0.15) is 0 Å². The molecule has 1 fully saturated rings. The minimum atomic E-state index is -0.414. The molecule has 1 aromatic rings. The highest BCUT2D eigenvalue weighted by atomic mass is 16.6. The maximum atomic E-state index is 12.1. The van der Waals surface area contributed by atoms with E-state index in [2.05, 4.69) is 37.4 Å². The summed E-state index contributed by atoms with van der Waals surface area (Å²) in [5, 5.41) is 3.54. The first-order valence-corrected chi connectivity index (χ1v) is 8.99. The number of carbonyl (C=O) groups is 1. The predicted octanol–water partition coefficient (Wildman–Crippen LogP) is 4.04. The van der Waals surface area contributed by atoms with Crippen LogP contribution in [0.3, 0.4) is 0 Å². The van der Waals surface area contributed by atoms with E-state index in [1.54, 1.807) is 0 Å². The molecule has 4 nitrogen and oxygen atoms in total. The molecule has 0 spiro atoms. The van der Waals surface area contributed by atoms with Gasteiger partial charge in [0.05, 0.1) is 0 Å². The minimum absolute atomic E-state index is 0.173. The molecule has 1 aliphatic heterocycles. The fourth-order valence-corrected chi connectivity index (χ4v) is 3.13. The number of rotatable bonds is 5. The number of nitrogens with one attached hydrogen (secondary N) is 1. The lowest BCUT2D eigenvalue weighted by atomic mass is 10.0. The second-order valence-electron chi connectivity index (χ2n) is 7.98. The van der Waals surface area contributed by atoms with Crippen molar-refractivity contribution in [1.29, 1.82) is 0 Å². The van der Waals surface area contributed by atoms with Crippen LogP contribution in [-0.4, -0.2) is 36.2 Å². The molecular weight excluding hydrogens is 300 g/mol. The van der Waals surface area contributed by atoms with Gasteiger partial charge >= 0.3 is 6.09 Å². The molecule has 1 unspecified atom stereocenters. The lowest BCUT2D eigenvalue weighted by molar-refractivity contribution is 0.0287. The maximum Gasteiger partial charge on any atom is 0.410 e. The van der Waals surface area contributed by atoms with Crippen molar-refractivity contribution in [3.8, 4) is 0 Å². The van der Waals surface area contributed by atoms with Crippen LogP contribution in [0.15, 0.2) is 18.2 Å². The Morgan fingerprint density at radius 2 is 2.08 bits per heavy atom. The van der Waals surface area contributed by atoms with Gasteiger partial charge in [0.15, 0.2) is 0 Å². The summed E-state index contributed by atoms with van der Waals surface area (Å²) in [6.45, 7) is 13.6. The fourth-order valence-electron chi connectivity index (χ4n) is 3.13. The Hall–Kier alpha value is -1.55. The zero-order valence-corrected chi connectivity index (χ0v) is 15.8. The molecule has 24 heavy (non-hydrogen) atoms. The highest BCUT2D eigenvalue weighted by molar-refractivity contribution is 5.68. The fraction of sp³-hybridized carbons (Fsp3) is 0.650. The summed E-state index contributed by atoms with van der Waals surface area (Å²) >= 11 is 0. The molecule has 0 saturated carbocycles. The third kappa shape index (κ3) is 5.82. The van der Waals surface area contributed by atoms with Crippen LogP contribution < -0.4 is 5.32 Å². The Kier molecular flexibility index (Phi) is 6.27. The van der Waals surface area contributed by atoms with Crippen LogP contribution in [-0.2, 0) is 11.3 Å². The largest absolute Gasteiger partial charge is 0.444 e. The van der Waals surface area contributed by atoms with Crippen molar-refractivity contribution in [2.75, 3.05) is 19.6 Å². The number of hydrogen-bond donors (Lipinski definition) is 1. The third-order valence-electron chi connectivity index (χ3n) is 4.48. The van der Waals surface area contributed by atoms with Crippen LogP contribution in [0.1, 0.15) is 50.3 Å². The van der Waals surface area contributed by atoms with Crippen LogP contribution in [0.5, 0.6) is 0 Å². The van der Waals surface area contributed by atoms with Crippen LogP contribution in [0.25, 0.3) is 0 Å². The number of carbonyl (C=O) groups excluding carboxylic acids is 1. The molecule has 0 radical (unpaired) electrons. The highest BCUT2D eigenvalue weighted by Gasteiger charge is 2.29. The molecule has 4 heteroatoms. The summed E-state index contributed by atoms with van der Waals surface area (Å²) in [4.78, 5) is 13.9. The van der Waals surface area contributed by atoms with E-state index in [9.17, 15) is 4.79 Å². The average Bonchev–Trinajstić information content (AvgIpc) is 2.92. The maximum absolute atomic E-state index is 12.1. The minimum Gasteiger partial charge on any atom is -0.444 e. The van der Waals surface area contributed by atoms with Crippen molar-refractivity contribution in [1.82, 2.24) is 10.2 Å². The summed E-state index contributed by atoms with van der Waals surface area (Å²) in [6.07, 6.45) is 2.00. The second-order valence-corrected chi connectivity index (χ2v) is 7.98. The molecule has 134 valence electrons. The zero-order valence-electron chi connectivity index (χ0n) is 15.8. The Balaban J connectivity index is 1.68. The van der Waals surface area contributed by atoms with E-state index >= 15 is 0 Å². The van der Waals surface area contributed by atoms with Gasteiger partial charge < -0.3 is 15.0 Å². The Morgan fingerprint density at radius 1 is 1.33 bits per heavy atom. The van der Waals surface area contributed by atoms with Gasteiger partial charge in [-0.25, -0.2) is 4.79 Å².